The van der Waals surface area contributed by atoms with E-state index in [1.807, 2.05) is 26.0 Å². The van der Waals surface area contributed by atoms with Gasteiger partial charge in [0.15, 0.2) is 18.1 Å². The van der Waals surface area contributed by atoms with E-state index < -0.39 is 5.91 Å². The summed E-state index contributed by atoms with van der Waals surface area (Å²) in [6.45, 7) is 7.66. The molecule has 0 aliphatic carbocycles. The van der Waals surface area contributed by atoms with Crippen LogP contribution in [0.15, 0.2) is 57.4 Å². The van der Waals surface area contributed by atoms with Crippen LogP contribution in [0.25, 0.3) is 10.9 Å². The topological polar surface area (TPSA) is 109 Å². The highest BCUT2D eigenvalue weighted by atomic mass is 79.9. The fourth-order valence-electron chi connectivity index (χ4n) is 3.30. The smallest absolute Gasteiger partial charge is 0.282 e. The van der Waals surface area contributed by atoms with E-state index in [1.54, 1.807) is 30.5 Å². The second-order valence-corrected chi connectivity index (χ2v) is 8.01. The molecule has 0 bridgehead atoms. The average Bonchev–Trinajstić information content (AvgIpc) is 2.78. The van der Waals surface area contributed by atoms with Crippen molar-refractivity contribution >= 4 is 39.0 Å². The van der Waals surface area contributed by atoms with Crippen LogP contribution in [0.3, 0.4) is 0 Å². The molecule has 0 saturated carbocycles. The summed E-state index contributed by atoms with van der Waals surface area (Å²) in [5, 5.41) is 4.91. The maximum atomic E-state index is 13.1. The van der Waals surface area contributed by atoms with Gasteiger partial charge in [-0.2, -0.15) is 9.78 Å². The molecule has 8 nitrogen and oxygen atoms in total. The maximum Gasteiger partial charge on any atom is 0.282 e. The minimum absolute atomic E-state index is 0.257. The summed E-state index contributed by atoms with van der Waals surface area (Å²) in [6.07, 6.45) is 4.29. The van der Waals surface area contributed by atoms with Gasteiger partial charge in [-0.15, -0.1) is 6.58 Å². The van der Waals surface area contributed by atoms with Crippen molar-refractivity contribution in [3.63, 3.8) is 0 Å². The standard InChI is InChI=1S/C24H25BrN4O4/c1-4-7-16-10-15(11-20(32-6-3)23(16)33-14-21(26)30)13-27-29-22(5-2)28-19-9-8-17(25)12-18(19)24(29)31/h4,8-13H,1,5-7,14H2,2-3H3,(H2,26,30). The molecule has 1 aromatic heterocycles. The highest BCUT2D eigenvalue weighted by Crippen LogP contribution is 2.33. The monoisotopic (exact) mass is 512 g/mol. The number of nitrogens with zero attached hydrogens (tertiary/aromatic N) is 3. The van der Waals surface area contributed by atoms with Gasteiger partial charge in [-0.1, -0.05) is 28.9 Å². The molecule has 0 fully saturated rings. The molecule has 1 amide bonds. The molecule has 0 saturated heterocycles. The van der Waals surface area contributed by atoms with Crippen molar-refractivity contribution < 1.29 is 14.3 Å². The molecule has 1 heterocycles. The predicted octanol–water partition coefficient (Wildman–Crippen LogP) is 3.59. The molecule has 33 heavy (non-hydrogen) atoms. The first-order chi connectivity index (χ1) is 15.9. The highest BCUT2D eigenvalue weighted by Gasteiger charge is 2.15. The van der Waals surface area contributed by atoms with Crippen molar-refractivity contribution in [3.05, 3.63) is 74.8 Å². The van der Waals surface area contributed by atoms with E-state index in [1.165, 1.54) is 4.68 Å². The van der Waals surface area contributed by atoms with Crippen molar-refractivity contribution in [1.82, 2.24) is 9.66 Å². The molecule has 0 aliphatic rings. The number of halogens is 1. The number of primary amides is 1. The normalized spacial score (nSPS) is 11.1. The minimum atomic E-state index is -0.588. The largest absolute Gasteiger partial charge is 0.490 e. The van der Waals surface area contributed by atoms with Gasteiger partial charge in [-0.25, -0.2) is 4.98 Å². The van der Waals surface area contributed by atoms with Crippen LogP contribution in [0.2, 0.25) is 0 Å². The van der Waals surface area contributed by atoms with Crippen LogP contribution in [-0.2, 0) is 17.6 Å². The van der Waals surface area contributed by atoms with Gasteiger partial charge >= 0.3 is 0 Å². The molecule has 0 unspecified atom stereocenters. The number of amides is 1. The predicted molar refractivity (Wildman–Crippen MR) is 132 cm³/mol. The number of aromatic nitrogens is 2. The van der Waals surface area contributed by atoms with Gasteiger partial charge in [0.05, 0.1) is 23.7 Å². The number of allylic oxidation sites excluding steroid dienone is 1. The van der Waals surface area contributed by atoms with Crippen LogP contribution >= 0.6 is 15.9 Å². The van der Waals surface area contributed by atoms with E-state index in [-0.39, 0.29) is 12.2 Å². The number of ether oxygens (including phenoxy) is 2. The van der Waals surface area contributed by atoms with Gasteiger partial charge < -0.3 is 15.2 Å². The number of carbonyl (C=O) groups is 1. The Hall–Kier alpha value is -3.46. The fraction of sp³-hybridized carbons (Fsp3) is 0.250. The van der Waals surface area contributed by atoms with E-state index in [0.29, 0.717) is 53.2 Å². The second-order valence-electron chi connectivity index (χ2n) is 7.09. The number of hydrogen-bond donors (Lipinski definition) is 1. The van der Waals surface area contributed by atoms with Crippen molar-refractivity contribution in [3.8, 4) is 11.5 Å². The zero-order valence-corrected chi connectivity index (χ0v) is 20.1. The first-order valence-corrected chi connectivity index (χ1v) is 11.2. The van der Waals surface area contributed by atoms with Crippen LogP contribution in [0.5, 0.6) is 11.5 Å². The number of benzene rings is 2. The maximum absolute atomic E-state index is 13.1. The Morgan fingerprint density at radius 1 is 1.27 bits per heavy atom. The number of hydrogen-bond acceptors (Lipinski definition) is 6. The Balaban J connectivity index is 2.10. The third-order valence-corrected chi connectivity index (χ3v) is 5.18. The second kappa shape index (κ2) is 10.9. The average molecular weight is 513 g/mol. The van der Waals surface area contributed by atoms with Gasteiger partial charge in [-0.3, -0.25) is 9.59 Å². The minimum Gasteiger partial charge on any atom is -0.490 e. The van der Waals surface area contributed by atoms with Crippen molar-refractivity contribution in [2.45, 2.75) is 26.7 Å². The fourth-order valence-corrected chi connectivity index (χ4v) is 3.66. The van der Waals surface area contributed by atoms with Crippen molar-refractivity contribution in [1.29, 1.82) is 0 Å². The number of nitrogens with two attached hydrogens (primary N) is 1. The van der Waals surface area contributed by atoms with E-state index in [2.05, 4.69) is 32.6 Å². The zero-order chi connectivity index (χ0) is 24.0. The van der Waals surface area contributed by atoms with Gasteiger partial charge in [0, 0.05) is 16.5 Å². The third-order valence-electron chi connectivity index (χ3n) is 4.69. The number of rotatable bonds is 10. The van der Waals surface area contributed by atoms with E-state index in [0.717, 1.165) is 10.0 Å². The number of aryl methyl sites for hydroxylation is 1. The van der Waals surface area contributed by atoms with E-state index in [9.17, 15) is 9.59 Å². The number of fused-ring (bicyclic) bond motifs is 1. The summed E-state index contributed by atoms with van der Waals surface area (Å²) in [4.78, 5) is 28.9. The Morgan fingerprint density at radius 3 is 2.73 bits per heavy atom. The van der Waals surface area contributed by atoms with Gasteiger partial charge in [0.1, 0.15) is 5.82 Å². The molecule has 2 aromatic carbocycles. The molecule has 9 heteroatoms. The molecule has 0 aliphatic heterocycles. The molecule has 0 radical (unpaired) electrons. The summed E-state index contributed by atoms with van der Waals surface area (Å²) < 4.78 is 13.4. The zero-order valence-electron chi connectivity index (χ0n) is 18.5. The molecule has 0 atom stereocenters. The lowest BCUT2D eigenvalue weighted by atomic mass is 10.1. The highest BCUT2D eigenvalue weighted by molar-refractivity contribution is 9.10. The lowest BCUT2D eigenvalue weighted by molar-refractivity contribution is -0.119. The Bertz CT molecular complexity index is 1280. The van der Waals surface area contributed by atoms with Crippen LogP contribution in [0.1, 0.15) is 30.8 Å². The molecule has 0 spiro atoms. The van der Waals surface area contributed by atoms with Crippen molar-refractivity contribution in [2.75, 3.05) is 13.2 Å². The Labute approximate surface area is 199 Å². The van der Waals surface area contributed by atoms with Crippen LogP contribution < -0.4 is 20.8 Å². The summed E-state index contributed by atoms with van der Waals surface area (Å²) in [5.41, 5.74) is 7.03. The summed E-state index contributed by atoms with van der Waals surface area (Å²) in [7, 11) is 0. The summed E-state index contributed by atoms with van der Waals surface area (Å²) in [5.74, 6) is 0.831. The van der Waals surface area contributed by atoms with Crippen LogP contribution in [0, 0.1) is 0 Å². The first-order valence-electron chi connectivity index (χ1n) is 10.4. The third kappa shape index (κ3) is 5.67. The van der Waals surface area contributed by atoms with Crippen LogP contribution in [0.4, 0.5) is 0 Å². The summed E-state index contributed by atoms with van der Waals surface area (Å²) >= 11 is 3.40. The molecular formula is C24H25BrN4O4. The molecule has 2 N–H and O–H groups in total. The number of carbonyl (C=O) groups excluding carboxylic acids is 1. The quantitative estimate of drug-likeness (QED) is 0.329. The van der Waals surface area contributed by atoms with Crippen molar-refractivity contribution in [2.24, 2.45) is 10.8 Å². The molecular weight excluding hydrogens is 488 g/mol. The van der Waals surface area contributed by atoms with Gasteiger partial charge in [-0.05, 0) is 49.2 Å². The Kier molecular flexibility index (Phi) is 8.00. The van der Waals surface area contributed by atoms with Gasteiger partial charge in [0.25, 0.3) is 11.5 Å². The molecule has 3 rings (SSSR count). The van der Waals surface area contributed by atoms with E-state index in [4.69, 9.17) is 15.2 Å². The lowest BCUT2D eigenvalue weighted by Crippen LogP contribution is -2.22. The van der Waals surface area contributed by atoms with Gasteiger partial charge in [0.2, 0.25) is 0 Å². The Morgan fingerprint density at radius 2 is 2.06 bits per heavy atom. The SMILES string of the molecule is C=CCc1cc(C=Nn2c(CC)nc3ccc(Br)cc3c2=O)cc(OCC)c1OCC(N)=O. The summed E-state index contributed by atoms with van der Waals surface area (Å²) in [6, 6.07) is 8.95. The molecule has 172 valence electrons. The first kappa shape index (κ1) is 24.2. The molecule has 3 aromatic rings. The van der Waals surface area contributed by atoms with E-state index >= 15 is 0 Å². The van der Waals surface area contributed by atoms with Crippen LogP contribution in [-0.4, -0.2) is 35.0 Å². The lowest BCUT2D eigenvalue weighted by Gasteiger charge is -2.16.